The second kappa shape index (κ2) is 4.25. The monoisotopic (exact) mass is 224 g/mol. The molecule has 2 N–H and O–H groups in total. The van der Waals surface area contributed by atoms with Gasteiger partial charge in [-0.3, -0.25) is 9.59 Å². The summed E-state index contributed by atoms with van der Waals surface area (Å²) in [4.78, 5) is 24.6. The molecule has 1 aliphatic rings. The Hall–Kier alpha value is -1.36. The molecule has 1 fully saturated rings. The number of nitrogens with zero attached hydrogens (tertiary/aromatic N) is 1. The van der Waals surface area contributed by atoms with E-state index in [4.69, 9.17) is 10.5 Å². The first-order chi connectivity index (χ1) is 7.69. The molecule has 1 aromatic carbocycles. The van der Waals surface area contributed by atoms with Crippen molar-refractivity contribution in [3.8, 4) is 5.75 Å². The van der Waals surface area contributed by atoms with Crippen LogP contribution in [0.25, 0.3) is 0 Å². The Morgan fingerprint density at radius 3 is 2.44 bits per heavy atom. The fourth-order valence-electron chi connectivity index (χ4n) is 2.23. The lowest BCUT2D eigenvalue weighted by Crippen LogP contribution is -2.45. The maximum absolute atomic E-state index is 11.4. The number of nitrogens with two attached hydrogens (primary N) is 1. The molecule has 5 heteroatoms. The van der Waals surface area contributed by atoms with Gasteiger partial charge in [-0.1, -0.05) is 0 Å². The van der Waals surface area contributed by atoms with Gasteiger partial charge >= 0.3 is 0 Å². The lowest BCUT2D eigenvalue weighted by atomic mass is 9.96. The van der Waals surface area contributed by atoms with Crippen LogP contribution in [0.15, 0.2) is 9.59 Å². The van der Waals surface area contributed by atoms with Crippen LogP contribution in [-0.2, 0) is 0 Å². The molecular weight excluding hydrogens is 208 g/mol. The predicted octanol–water partition coefficient (Wildman–Crippen LogP) is -0.534. The average Bonchev–Trinajstić information content (AvgIpc) is 2.34. The summed E-state index contributed by atoms with van der Waals surface area (Å²) in [5.41, 5.74) is 5.14. The molecule has 0 bridgehead atoms. The van der Waals surface area contributed by atoms with Crippen LogP contribution in [0.1, 0.15) is 12.8 Å². The highest BCUT2D eigenvalue weighted by Crippen LogP contribution is 2.26. The van der Waals surface area contributed by atoms with Gasteiger partial charge in [-0.25, -0.2) is 0 Å². The zero-order chi connectivity index (χ0) is 11.7. The molecule has 1 saturated heterocycles. The molecule has 16 heavy (non-hydrogen) atoms. The van der Waals surface area contributed by atoms with Crippen molar-refractivity contribution < 1.29 is 4.74 Å². The summed E-state index contributed by atoms with van der Waals surface area (Å²) >= 11 is 0. The van der Waals surface area contributed by atoms with Gasteiger partial charge in [0.25, 0.3) is 10.9 Å². The highest BCUT2D eigenvalue weighted by molar-refractivity contribution is 5.63. The number of piperidine rings is 1. The third-order valence-corrected chi connectivity index (χ3v) is 3.31. The number of hydrogen-bond donors (Lipinski definition) is 1. The highest BCUT2D eigenvalue weighted by atomic mass is 16.5. The van der Waals surface area contributed by atoms with Crippen LogP contribution in [0.2, 0.25) is 0 Å². The van der Waals surface area contributed by atoms with Gasteiger partial charge in [0.15, 0.2) is 5.75 Å². The van der Waals surface area contributed by atoms with Crippen LogP contribution >= 0.6 is 0 Å². The van der Waals surface area contributed by atoms with Gasteiger partial charge in [-0.15, -0.1) is 0 Å². The average molecular weight is 224 g/mol. The van der Waals surface area contributed by atoms with Crippen molar-refractivity contribution in [2.75, 3.05) is 31.6 Å². The molecule has 0 aliphatic carbocycles. The molecule has 1 heterocycles. The first kappa shape index (κ1) is 11.1. The van der Waals surface area contributed by atoms with Crippen molar-refractivity contribution in [1.82, 2.24) is 0 Å². The maximum atomic E-state index is 11.4. The fourth-order valence-corrected chi connectivity index (χ4v) is 2.23. The SMILES string of the molecule is COc1c(N2CCC(CN)CC2)c(=O)c1=O. The first-order valence-electron chi connectivity index (χ1n) is 5.51. The van der Waals surface area contributed by atoms with Crippen molar-refractivity contribution in [3.05, 3.63) is 20.4 Å². The Balaban J connectivity index is 2.12. The molecule has 1 aromatic rings. The third-order valence-electron chi connectivity index (χ3n) is 3.31. The van der Waals surface area contributed by atoms with E-state index in [1.54, 1.807) is 0 Å². The zero-order valence-corrected chi connectivity index (χ0v) is 9.36. The van der Waals surface area contributed by atoms with Gasteiger partial charge < -0.3 is 15.4 Å². The van der Waals surface area contributed by atoms with Gasteiger partial charge in [0, 0.05) is 13.1 Å². The molecule has 1 aliphatic heterocycles. The Morgan fingerprint density at radius 1 is 1.31 bits per heavy atom. The topological polar surface area (TPSA) is 72.6 Å². The number of ether oxygens (including phenoxy) is 1. The van der Waals surface area contributed by atoms with E-state index in [2.05, 4.69) is 0 Å². The van der Waals surface area contributed by atoms with Crippen LogP contribution < -0.4 is 26.2 Å². The van der Waals surface area contributed by atoms with Crippen molar-refractivity contribution in [2.24, 2.45) is 11.7 Å². The Morgan fingerprint density at radius 2 is 1.94 bits per heavy atom. The summed E-state index contributed by atoms with van der Waals surface area (Å²) < 4.78 is 4.93. The molecule has 2 rings (SSSR count). The van der Waals surface area contributed by atoms with E-state index >= 15 is 0 Å². The predicted molar refractivity (Wildman–Crippen MR) is 61.9 cm³/mol. The number of hydrogen-bond acceptors (Lipinski definition) is 5. The van der Waals surface area contributed by atoms with E-state index in [9.17, 15) is 9.59 Å². The normalized spacial score (nSPS) is 18.0. The molecule has 5 nitrogen and oxygen atoms in total. The fraction of sp³-hybridized carbons (Fsp3) is 0.636. The third kappa shape index (κ3) is 1.61. The Kier molecular flexibility index (Phi) is 2.96. The van der Waals surface area contributed by atoms with E-state index in [0.29, 0.717) is 18.2 Å². The van der Waals surface area contributed by atoms with Crippen LogP contribution in [0.5, 0.6) is 5.75 Å². The van der Waals surface area contributed by atoms with Crippen molar-refractivity contribution in [1.29, 1.82) is 0 Å². The van der Waals surface area contributed by atoms with Gasteiger partial charge in [-0.2, -0.15) is 0 Å². The van der Waals surface area contributed by atoms with E-state index in [1.165, 1.54) is 7.11 Å². The number of anilines is 1. The Labute approximate surface area is 93.5 Å². The molecule has 0 amide bonds. The maximum Gasteiger partial charge on any atom is 0.272 e. The number of rotatable bonds is 3. The Bertz CT molecular complexity index is 440. The summed E-state index contributed by atoms with van der Waals surface area (Å²) in [5.74, 6) is 0.755. The van der Waals surface area contributed by atoms with Crippen LogP contribution in [0.4, 0.5) is 5.69 Å². The van der Waals surface area contributed by atoms with Crippen LogP contribution in [0, 0.1) is 5.92 Å². The summed E-state index contributed by atoms with van der Waals surface area (Å²) in [6.45, 7) is 2.25. The van der Waals surface area contributed by atoms with Crippen molar-refractivity contribution in [2.45, 2.75) is 12.8 Å². The van der Waals surface area contributed by atoms with Crippen molar-refractivity contribution >= 4 is 5.69 Å². The molecule has 0 spiro atoms. The minimum absolute atomic E-state index is 0.219. The van der Waals surface area contributed by atoms with E-state index in [1.807, 2.05) is 4.90 Å². The molecule has 0 saturated carbocycles. The summed E-state index contributed by atoms with van der Waals surface area (Å²) in [6, 6.07) is 0. The van der Waals surface area contributed by atoms with Gasteiger partial charge in [-0.05, 0) is 25.3 Å². The molecule has 0 radical (unpaired) electrons. The molecule has 88 valence electrons. The number of methoxy groups -OCH3 is 1. The molecule has 0 unspecified atom stereocenters. The van der Waals surface area contributed by atoms with Crippen LogP contribution in [0.3, 0.4) is 0 Å². The second-order valence-corrected chi connectivity index (χ2v) is 4.21. The van der Waals surface area contributed by atoms with Crippen molar-refractivity contribution in [3.63, 3.8) is 0 Å². The lowest BCUT2D eigenvalue weighted by Gasteiger charge is -2.33. The van der Waals surface area contributed by atoms with E-state index in [0.717, 1.165) is 25.9 Å². The van der Waals surface area contributed by atoms with E-state index in [-0.39, 0.29) is 5.75 Å². The minimum atomic E-state index is -0.501. The van der Waals surface area contributed by atoms with Gasteiger partial charge in [0.2, 0.25) is 0 Å². The van der Waals surface area contributed by atoms with E-state index < -0.39 is 10.9 Å². The minimum Gasteiger partial charge on any atom is -0.491 e. The molecular formula is C11H16N2O3. The second-order valence-electron chi connectivity index (χ2n) is 4.21. The lowest BCUT2D eigenvalue weighted by molar-refractivity contribution is 0.388. The summed E-state index contributed by atoms with van der Waals surface area (Å²) in [5, 5.41) is 0. The smallest absolute Gasteiger partial charge is 0.272 e. The highest BCUT2D eigenvalue weighted by Gasteiger charge is 2.29. The summed E-state index contributed by atoms with van der Waals surface area (Å²) in [6.07, 6.45) is 1.94. The molecule has 0 aromatic heterocycles. The standard InChI is InChI=1S/C11H16N2O3/c1-16-11-8(9(14)10(11)15)13-4-2-7(6-12)3-5-13/h7H,2-6,12H2,1H3. The van der Waals surface area contributed by atoms with Gasteiger partial charge in [0.05, 0.1) is 7.11 Å². The quantitative estimate of drug-likeness (QED) is 0.698. The largest absolute Gasteiger partial charge is 0.491 e. The summed E-state index contributed by atoms with van der Waals surface area (Å²) in [7, 11) is 1.42. The van der Waals surface area contributed by atoms with Crippen LogP contribution in [-0.4, -0.2) is 26.7 Å². The van der Waals surface area contributed by atoms with Gasteiger partial charge in [0.1, 0.15) is 5.69 Å². The molecule has 0 atom stereocenters. The first-order valence-corrected chi connectivity index (χ1v) is 5.51. The zero-order valence-electron chi connectivity index (χ0n) is 9.36.